The van der Waals surface area contributed by atoms with E-state index in [0.29, 0.717) is 18.5 Å². The molecule has 0 bridgehead atoms. The Bertz CT molecular complexity index is 680. The number of carbonyl (C=O) groups is 1. The van der Waals surface area contributed by atoms with E-state index in [1.165, 1.54) is 5.56 Å². The van der Waals surface area contributed by atoms with Gasteiger partial charge < -0.3 is 25.0 Å². The van der Waals surface area contributed by atoms with Crippen molar-refractivity contribution in [3.05, 3.63) is 29.8 Å². The van der Waals surface area contributed by atoms with Crippen LogP contribution in [0.25, 0.3) is 0 Å². The summed E-state index contributed by atoms with van der Waals surface area (Å²) in [5.74, 6) is 1.26. The standard InChI is InChI=1S/C22H34N4O3.HI/c1-2-23-22(24-11-6-13-28-16-18-10-14-29-17-18)25-15-21(27)26-12-5-8-19-7-3-4-9-20(19)26;/h3-4,7,9,18H,2,5-6,8,10-17H2,1H3,(H2,23,24,25);1H. The summed E-state index contributed by atoms with van der Waals surface area (Å²) < 4.78 is 11.1. The molecule has 1 aromatic rings. The third-order valence-corrected chi connectivity index (χ3v) is 5.26. The number of ether oxygens (including phenoxy) is 2. The Hall–Kier alpha value is -1.39. The van der Waals surface area contributed by atoms with E-state index in [2.05, 4.69) is 21.7 Å². The molecule has 0 aliphatic carbocycles. The Balaban J connectivity index is 0.00000320. The molecule has 1 unspecified atom stereocenters. The van der Waals surface area contributed by atoms with Crippen LogP contribution in [0.4, 0.5) is 5.69 Å². The maximum atomic E-state index is 12.7. The summed E-state index contributed by atoms with van der Waals surface area (Å²) in [6.07, 6.45) is 4.03. The fourth-order valence-electron chi connectivity index (χ4n) is 3.71. The molecule has 1 amide bonds. The maximum absolute atomic E-state index is 12.7. The number of anilines is 1. The molecule has 7 nitrogen and oxygen atoms in total. The summed E-state index contributed by atoms with van der Waals surface area (Å²) in [4.78, 5) is 19.1. The van der Waals surface area contributed by atoms with E-state index < -0.39 is 0 Å². The van der Waals surface area contributed by atoms with Gasteiger partial charge in [0.15, 0.2) is 5.96 Å². The first-order chi connectivity index (χ1) is 14.3. The number of halogens is 1. The topological polar surface area (TPSA) is 75.2 Å². The number of nitrogens with zero attached hydrogens (tertiary/aromatic N) is 2. The van der Waals surface area contributed by atoms with Gasteiger partial charge in [-0.1, -0.05) is 18.2 Å². The van der Waals surface area contributed by atoms with Crippen molar-refractivity contribution < 1.29 is 14.3 Å². The van der Waals surface area contributed by atoms with Gasteiger partial charge in [-0.25, -0.2) is 4.99 Å². The summed E-state index contributed by atoms with van der Waals surface area (Å²) in [6, 6.07) is 8.15. The highest BCUT2D eigenvalue weighted by molar-refractivity contribution is 14.0. The molecule has 168 valence electrons. The minimum atomic E-state index is 0. The molecule has 8 heteroatoms. The van der Waals surface area contributed by atoms with Gasteiger partial charge in [-0.2, -0.15) is 0 Å². The molecule has 1 aromatic carbocycles. The molecule has 1 atom stereocenters. The van der Waals surface area contributed by atoms with E-state index >= 15 is 0 Å². The van der Waals surface area contributed by atoms with Crippen molar-refractivity contribution >= 4 is 41.5 Å². The molecule has 1 saturated heterocycles. The molecule has 2 heterocycles. The van der Waals surface area contributed by atoms with Crippen LogP contribution in [0.5, 0.6) is 0 Å². The van der Waals surface area contributed by atoms with Gasteiger partial charge in [0, 0.05) is 44.5 Å². The number of fused-ring (bicyclic) bond motifs is 1. The predicted molar refractivity (Wildman–Crippen MR) is 131 cm³/mol. The lowest BCUT2D eigenvalue weighted by molar-refractivity contribution is -0.117. The highest BCUT2D eigenvalue weighted by Crippen LogP contribution is 2.26. The van der Waals surface area contributed by atoms with Crippen LogP contribution in [0.3, 0.4) is 0 Å². The molecule has 0 saturated carbocycles. The van der Waals surface area contributed by atoms with Crippen molar-refractivity contribution in [1.29, 1.82) is 0 Å². The van der Waals surface area contributed by atoms with E-state index in [1.54, 1.807) is 0 Å². The first kappa shape index (κ1) is 24.9. The lowest BCUT2D eigenvalue weighted by Gasteiger charge is -2.29. The molecule has 2 N–H and O–H groups in total. The van der Waals surface area contributed by atoms with Crippen LogP contribution in [0.1, 0.15) is 31.7 Å². The number of rotatable bonds is 9. The quantitative estimate of drug-likeness (QED) is 0.222. The van der Waals surface area contributed by atoms with Crippen molar-refractivity contribution in [3.63, 3.8) is 0 Å². The lowest BCUT2D eigenvalue weighted by Crippen LogP contribution is -2.41. The van der Waals surface area contributed by atoms with Crippen molar-refractivity contribution in [2.45, 2.75) is 32.6 Å². The zero-order valence-electron chi connectivity index (χ0n) is 17.9. The minimum Gasteiger partial charge on any atom is -0.381 e. The second-order valence-electron chi connectivity index (χ2n) is 7.56. The molecular weight excluding hydrogens is 495 g/mol. The van der Waals surface area contributed by atoms with Gasteiger partial charge in [0.1, 0.15) is 6.54 Å². The van der Waals surface area contributed by atoms with Gasteiger partial charge in [0.05, 0.1) is 13.2 Å². The number of nitrogens with one attached hydrogen (secondary N) is 2. The first-order valence-electron chi connectivity index (χ1n) is 10.8. The highest BCUT2D eigenvalue weighted by atomic mass is 127. The molecule has 2 aliphatic rings. The van der Waals surface area contributed by atoms with Crippen LogP contribution in [-0.2, 0) is 20.7 Å². The Morgan fingerprint density at radius 3 is 3.00 bits per heavy atom. The summed E-state index contributed by atoms with van der Waals surface area (Å²) in [5.41, 5.74) is 2.27. The number of hydrogen-bond donors (Lipinski definition) is 2. The van der Waals surface area contributed by atoms with Crippen LogP contribution < -0.4 is 15.5 Å². The Kier molecular flexibility index (Phi) is 11.5. The van der Waals surface area contributed by atoms with E-state index in [-0.39, 0.29) is 36.4 Å². The van der Waals surface area contributed by atoms with Gasteiger partial charge >= 0.3 is 0 Å². The molecule has 2 aliphatic heterocycles. The fraction of sp³-hybridized carbons (Fsp3) is 0.636. The molecular formula is C22H35IN4O3. The van der Waals surface area contributed by atoms with Crippen molar-refractivity contribution in [1.82, 2.24) is 10.6 Å². The molecule has 0 spiro atoms. The van der Waals surface area contributed by atoms with Gasteiger partial charge in [0.2, 0.25) is 5.91 Å². The van der Waals surface area contributed by atoms with Crippen LogP contribution in [-0.4, -0.2) is 64.5 Å². The van der Waals surface area contributed by atoms with Crippen molar-refractivity contribution in [2.24, 2.45) is 10.9 Å². The Morgan fingerprint density at radius 2 is 2.20 bits per heavy atom. The molecule has 0 radical (unpaired) electrons. The SMILES string of the molecule is CCNC(=NCC(=O)N1CCCc2ccccc21)NCCCOCC1CCOC1.I. The smallest absolute Gasteiger partial charge is 0.248 e. The van der Waals surface area contributed by atoms with Crippen molar-refractivity contribution in [3.8, 4) is 0 Å². The predicted octanol–water partition coefficient (Wildman–Crippen LogP) is 2.58. The Labute approximate surface area is 197 Å². The Morgan fingerprint density at radius 1 is 1.33 bits per heavy atom. The highest BCUT2D eigenvalue weighted by Gasteiger charge is 2.21. The van der Waals surface area contributed by atoms with Crippen molar-refractivity contribution in [2.75, 3.05) is 57.5 Å². The summed E-state index contributed by atoms with van der Waals surface area (Å²) >= 11 is 0. The van der Waals surface area contributed by atoms with Crippen LogP contribution in [0, 0.1) is 5.92 Å². The molecule has 0 aromatic heterocycles. The second kappa shape index (κ2) is 13.8. The number of aliphatic imine (C=N–C) groups is 1. The van der Waals surface area contributed by atoms with E-state index in [4.69, 9.17) is 9.47 Å². The second-order valence-corrected chi connectivity index (χ2v) is 7.56. The molecule has 3 rings (SSSR count). The number of amides is 1. The van der Waals surface area contributed by atoms with Gasteiger partial charge in [-0.05, 0) is 44.2 Å². The van der Waals surface area contributed by atoms with E-state index in [9.17, 15) is 4.79 Å². The van der Waals surface area contributed by atoms with Gasteiger partial charge in [-0.3, -0.25) is 4.79 Å². The number of hydrogen-bond acceptors (Lipinski definition) is 4. The van der Waals surface area contributed by atoms with Crippen LogP contribution in [0.15, 0.2) is 29.3 Å². The van der Waals surface area contributed by atoms with Crippen LogP contribution >= 0.6 is 24.0 Å². The summed E-state index contributed by atoms with van der Waals surface area (Å²) in [7, 11) is 0. The third kappa shape index (κ3) is 7.70. The summed E-state index contributed by atoms with van der Waals surface area (Å²) in [5, 5.41) is 6.50. The maximum Gasteiger partial charge on any atom is 0.248 e. The third-order valence-electron chi connectivity index (χ3n) is 5.26. The van der Waals surface area contributed by atoms with Gasteiger partial charge in [0.25, 0.3) is 0 Å². The van der Waals surface area contributed by atoms with E-state index in [0.717, 1.165) is 70.8 Å². The zero-order chi connectivity index (χ0) is 20.3. The zero-order valence-corrected chi connectivity index (χ0v) is 20.2. The monoisotopic (exact) mass is 530 g/mol. The normalized spacial score (nSPS) is 18.5. The van der Waals surface area contributed by atoms with Crippen LogP contribution in [0.2, 0.25) is 0 Å². The average molecular weight is 530 g/mol. The number of guanidine groups is 1. The number of para-hydroxylation sites is 1. The van der Waals surface area contributed by atoms with E-state index in [1.807, 2.05) is 30.0 Å². The molecule has 1 fully saturated rings. The molecule has 30 heavy (non-hydrogen) atoms. The summed E-state index contributed by atoms with van der Waals surface area (Å²) in [6.45, 7) is 7.61. The number of benzene rings is 1. The largest absolute Gasteiger partial charge is 0.381 e. The number of aryl methyl sites for hydroxylation is 1. The number of carbonyl (C=O) groups excluding carboxylic acids is 1. The first-order valence-corrected chi connectivity index (χ1v) is 10.8. The fourth-order valence-corrected chi connectivity index (χ4v) is 3.71. The lowest BCUT2D eigenvalue weighted by atomic mass is 10.0. The van der Waals surface area contributed by atoms with Gasteiger partial charge in [-0.15, -0.1) is 24.0 Å². The minimum absolute atomic E-state index is 0. The average Bonchev–Trinajstić information content (AvgIpc) is 3.27.